The first-order chi connectivity index (χ1) is 8.30. The van der Waals surface area contributed by atoms with Crippen LogP contribution in [0.1, 0.15) is 44.2 Å². The van der Waals surface area contributed by atoms with Crippen molar-refractivity contribution in [2.45, 2.75) is 38.9 Å². The summed E-state index contributed by atoms with van der Waals surface area (Å²) in [5.41, 5.74) is 1.97. The third-order valence-electron chi connectivity index (χ3n) is 2.80. The maximum atomic E-state index is 11.8. The van der Waals surface area contributed by atoms with Crippen LogP contribution in [0.4, 0.5) is 0 Å². The Bertz CT molecular complexity index is 498. The molecule has 4 heteroatoms. The number of carbonyl (C=O) groups excluding carboxylic acids is 1. The summed E-state index contributed by atoms with van der Waals surface area (Å²) in [7, 11) is -3.18. The van der Waals surface area contributed by atoms with Gasteiger partial charge in [0.1, 0.15) is 5.78 Å². The number of rotatable bonds is 6. The highest BCUT2D eigenvalue weighted by atomic mass is 32.2. The smallest absolute Gasteiger partial charge is 0.154 e. The molecule has 0 saturated heterocycles. The largest absolute Gasteiger partial charge is 0.300 e. The van der Waals surface area contributed by atoms with Gasteiger partial charge in [0.2, 0.25) is 0 Å². The molecular formula is C14H20O3S. The number of carbonyl (C=O) groups is 1. The van der Waals surface area contributed by atoms with Gasteiger partial charge in [-0.05, 0) is 24.0 Å². The number of hydrogen-bond donors (Lipinski definition) is 0. The van der Waals surface area contributed by atoms with Gasteiger partial charge in [0.05, 0.1) is 11.5 Å². The van der Waals surface area contributed by atoms with E-state index in [4.69, 9.17) is 0 Å². The molecule has 0 heterocycles. The van der Waals surface area contributed by atoms with Crippen LogP contribution in [0.5, 0.6) is 0 Å². The zero-order chi connectivity index (χ0) is 13.8. The van der Waals surface area contributed by atoms with Gasteiger partial charge in [-0.3, -0.25) is 4.79 Å². The van der Waals surface area contributed by atoms with Crippen LogP contribution in [0.3, 0.4) is 0 Å². The van der Waals surface area contributed by atoms with E-state index in [0.29, 0.717) is 5.92 Å². The van der Waals surface area contributed by atoms with E-state index < -0.39 is 9.84 Å². The summed E-state index contributed by atoms with van der Waals surface area (Å²) in [5, 5.41) is 0. The molecule has 0 spiro atoms. The van der Waals surface area contributed by atoms with Crippen LogP contribution in [0.25, 0.3) is 0 Å². The van der Waals surface area contributed by atoms with Gasteiger partial charge in [0.15, 0.2) is 9.84 Å². The van der Waals surface area contributed by atoms with E-state index in [-0.39, 0.29) is 23.7 Å². The van der Waals surface area contributed by atoms with Crippen LogP contribution in [0.15, 0.2) is 24.3 Å². The average Bonchev–Trinajstić information content (AvgIpc) is 2.27. The third kappa shape index (κ3) is 5.00. The van der Waals surface area contributed by atoms with Crippen molar-refractivity contribution in [3.63, 3.8) is 0 Å². The van der Waals surface area contributed by atoms with Crippen molar-refractivity contribution in [1.29, 1.82) is 0 Å². The third-order valence-corrected chi connectivity index (χ3v) is 4.40. The van der Waals surface area contributed by atoms with E-state index in [9.17, 15) is 13.2 Å². The molecule has 0 bridgehead atoms. The fraction of sp³-hybridized carbons (Fsp3) is 0.500. The maximum absolute atomic E-state index is 11.8. The molecule has 3 nitrogen and oxygen atoms in total. The van der Waals surface area contributed by atoms with Crippen LogP contribution in [0.2, 0.25) is 0 Å². The number of hydrogen-bond acceptors (Lipinski definition) is 3. The van der Waals surface area contributed by atoms with Crippen LogP contribution in [0, 0.1) is 0 Å². The van der Waals surface area contributed by atoms with E-state index in [0.717, 1.165) is 5.56 Å². The topological polar surface area (TPSA) is 51.2 Å². The molecule has 0 fully saturated rings. The average molecular weight is 268 g/mol. The molecule has 0 atom stereocenters. The summed E-state index contributed by atoms with van der Waals surface area (Å²) in [5.74, 6) is 0.300. The predicted molar refractivity (Wildman–Crippen MR) is 73.3 cm³/mol. The van der Waals surface area contributed by atoms with Gasteiger partial charge in [-0.2, -0.15) is 0 Å². The second-order valence-electron chi connectivity index (χ2n) is 4.94. The first kappa shape index (κ1) is 14.9. The molecule has 0 radical (unpaired) electrons. The van der Waals surface area contributed by atoms with Gasteiger partial charge in [-0.1, -0.05) is 38.1 Å². The molecule has 0 aliphatic heterocycles. The molecule has 1 aromatic carbocycles. The summed E-state index contributed by atoms with van der Waals surface area (Å²) >= 11 is 0. The molecule has 0 N–H and O–H groups in total. The first-order valence-electron chi connectivity index (χ1n) is 6.09. The second-order valence-corrected chi connectivity index (χ2v) is 7.12. The molecule has 1 aromatic rings. The lowest BCUT2D eigenvalue weighted by Crippen LogP contribution is -2.12. The van der Waals surface area contributed by atoms with Crippen molar-refractivity contribution in [2.24, 2.45) is 0 Å². The lowest BCUT2D eigenvalue weighted by molar-refractivity contribution is -0.116. The number of ketones is 1. The summed E-state index contributed by atoms with van der Waals surface area (Å²) < 4.78 is 23.5. The molecule has 0 unspecified atom stereocenters. The Morgan fingerprint density at radius 1 is 1.17 bits per heavy atom. The van der Waals surface area contributed by atoms with Crippen molar-refractivity contribution in [3.05, 3.63) is 35.4 Å². The summed E-state index contributed by atoms with van der Waals surface area (Å²) in [4.78, 5) is 10.8. The van der Waals surface area contributed by atoms with Crippen molar-refractivity contribution in [2.75, 3.05) is 5.75 Å². The molecular weight excluding hydrogens is 248 g/mol. The van der Waals surface area contributed by atoms with Gasteiger partial charge in [-0.15, -0.1) is 0 Å². The monoisotopic (exact) mass is 268 g/mol. The standard InChI is InChI=1S/C14H20O3S/c1-11(2)14-6-4-13(5-7-14)10-18(16,17)9-8-12(3)15/h4-7,11H,8-10H2,1-3H3. The van der Waals surface area contributed by atoms with Crippen LogP contribution in [-0.2, 0) is 20.4 Å². The van der Waals surface area contributed by atoms with Gasteiger partial charge in [-0.25, -0.2) is 8.42 Å². The summed E-state index contributed by atoms with van der Waals surface area (Å²) in [6.45, 7) is 5.60. The van der Waals surface area contributed by atoms with Crippen molar-refractivity contribution >= 4 is 15.6 Å². The van der Waals surface area contributed by atoms with Crippen molar-refractivity contribution in [3.8, 4) is 0 Å². The summed E-state index contributed by atoms with van der Waals surface area (Å²) in [6, 6.07) is 7.61. The molecule has 100 valence electrons. The SMILES string of the molecule is CC(=O)CCS(=O)(=O)Cc1ccc(C(C)C)cc1. The van der Waals surface area contributed by atoms with Crippen molar-refractivity contribution in [1.82, 2.24) is 0 Å². The molecule has 18 heavy (non-hydrogen) atoms. The Morgan fingerprint density at radius 2 is 1.72 bits per heavy atom. The number of benzene rings is 1. The Balaban J connectivity index is 2.69. The van der Waals surface area contributed by atoms with E-state index in [2.05, 4.69) is 13.8 Å². The Labute approximate surface area is 109 Å². The Kier molecular flexibility index (Phi) is 5.08. The fourth-order valence-electron chi connectivity index (χ4n) is 1.62. The van der Waals surface area contributed by atoms with E-state index in [1.165, 1.54) is 12.5 Å². The van der Waals surface area contributed by atoms with Gasteiger partial charge >= 0.3 is 0 Å². The van der Waals surface area contributed by atoms with Gasteiger partial charge in [0.25, 0.3) is 0 Å². The lowest BCUT2D eigenvalue weighted by atomic mass is 10.0. The molecule has 1 rings (SSSR count). The lowest BCUT2D eigenvalue weighted by Gasteiger charge is -2.07. The minimum absolute atomic E-state index is 0.0126. The first-order valence-corrected chi connectivity index (χ1v) is 7.91. The van der Waals surface area contributed by atoms with Crippen molar-refractivity contribution < 1.29 is 13.2 Å². The Morgan fingerprint density at radius 3 is 2.17 bits per heavy atom. The summed E-state index contributed by atoms with van der Waals surface area (Å²) in [6.07, 6.45) is 0.104. The quantitative estimate of drug-likeness (QED) is 0.797. The number of sulfone groups is 1. The van der Waals surface area contributed by atoms with Crippen LogP contribution in [-0.4, -0.2) is 20.0 Å². The molecule has 0 aliphatic carbocycles. The van der Waals surface area contributed by atoms with Crippen LogP contribution >= 0.6 is 0 Å². The predicted octanol–water partition coefficient (Wildman–Crippen LogP) is 2.70. The molecule has 0 saturated carbocycles. The zero-order valence-electron chi connectivity index (χ0n) is 11.1. The zero-order valence-corrected chi connectivity index (χ0v) is 12.0. The highest BCUT2D eigenvalue weighted by Gasteiger charge is 2.13. The minimum atomic E-state index is -3.18. The van der Waals surface area contributed by atoms with E-state index >= 15 is 0 Å². The highest BCUT2D eigenvalue weighted by Crippen LogP contribution is 2.16. The minimum Gasteiger partial charge on any atom is -0.300 e. The van der Waals surface area contributed by atoms with E-state index in [1.54, 1.807) is 0 Å². The fourth-order valence-corrected chi connectivity index (χ4v) is 3.07. The normalized spacial score (nSPS) is 11.8. The van der Waals surface area contributed by atoms with E-state index in [1.807, 2.05) is 24.3 Å². The highest BCUT2D eigenvalue weighted by molar-refractivity contribution is 7.90. The molecule has 0 aromatic heterocycles. The molecule has 0 amide bonds. The van der Waals surface area contributed by atoms with Crippen LogP contribution < -0.4 is 0 Å². The molecule has 0 aliphatic rings. The van der Waals surface area contributed by atoms with Gasteiger partial charge in [0, 0.05) is 6.42 Å². The Hall–Kier alpha value is -1.16. The second kappa shape index (κ2) is 6.14. The number of Topliss-reactive ketones (excluding diaryl/α,β-unsaturated/α-hetero) is 1. The maximum Gasteiger partial charge on any atom is 0.154 e. The van der Waals surface area contributed by atoms with Gasteiger partial charge < -0.3 is 0 Å².